The highest BCUT2D eigenvalue weighted by Gasteiger charge is 2.75. The van der Waals surface area contributed by atoms with E-state index in [-0.39, 0.29) is 24.8 Å². The number of carbonyl (C=O) groups excluding carboxylic acids is 1. The Morgan fingerprint density at radius 3 is 2.71 bits per heavy atom. The van der Waals surface area contributed by atoms with Crippen LogP contribution < -0.4 is 0 Å². The summed E-state index contributed by atoms with van der Waals surface area (Å²) in [7, 11) is 0. The van der Waals surface area contributed by atoms with Gasteiger partial charge in [-0.25, -0.2) is 0 Å². The maximum atomic E-state index is 11.7. The minimum Gasteiger partial charge on any atom is -0.450 e. The number of cyclic esters (lactones) is 1. The number of epoxide rings is 1. The first kappa shape index (κ1) is 16.7. The van der Waals surface area contributed by atoms with Crippen LogP contribution in [0.4, 0.5) is 0 Å². The van der Waals surface area contributed by atoms with Crippen molar-refractivity contribution >= 4 is 17.6 Å². The molecular weight excluding hydrogens is 296 g/mol. The van der Waals surface area contributed by atoms with Crippen LogP contribution in [0.1, 0.15) is 40.0 Å². The van der Waals surface area contributed by atoms with Crippen LogP contribution in [0.5, 0.6) is 0 Å². The summed E-state index contributed by atoms with van der Waals surface area (Å²) in [6.45, 7) is 5.20. The average molecular weight is 319 g/mol. The van der Waals surface area contributed by atoms with E-state index in [1.165, 1.54) is 0 Å². The van der Waals surface area contributed by atoms with E-state index < -0.39 is 29.4 Å². The SMILES string of the molecule is CC(C)=CCC1OC1(C)C1(CO)OC(=O)CCC1(O)CCl. The standard InChI is InChI=1S/C15H23ClO5/c1-10(2)4-5-11-13(3,20-11)15(9-17)14(19,8-16)7-6-12(18)21-15/h4,11,17,19H,5-9H2,1-3H3. The van der Waals surface area contributed by atoms with Gasteiger partial charge in [-0.2, -0.15) is 0 Å². The molecule has 0 radical (unpaired) electrons. The van der Waals surface area contributed by atoms with Crippen LogP contribution in [0.15, 0.2) is 11.6 Å². The summed E-state index contributed by atoms with van der Waals surface area (Å²) in [6, 6.07) is 0. The predicted molar refractivity (Wildman–Crippen MR) is 78.1 cm³/mol. The maximum Gasteiger partial charge on any atom is 0.306 e. The molecule has 0 amide bonds. The third-order valence-electron chi connectivity index (χ3n) is 4.71. The zero-order valence-corrected chi connectivity index (χ0v) is 13.4. The van der Waals surface area contributed by atoms with Gasteiger partial charge < -0.3 is 19.7 Å². The molecule has 0 saturated carbocycles. The van der Waals surface area contributed by atoms with Crippen molar-refractivity contribution in [3.63, 3.8) is 0 Å². The lowest BCUT2D eigenvalue weighted by Crippen LogP contribution is -2.70. The van der Waals surface area contributed by atoms with Gasteiger partial charge in [-0.15, -0.1) is 11.6 Å². The highest BCUT2D eigenvalue weighted by atomic mass is 35.5. The number of halogens is 1. The first-order valence-electron chi connectivity index (χ1n) is 7.17. The van der Waals surface area contributed by atoms with Crippen LogP contribution in [0.2, 0.25) is 0 Å². The van der Waals surface area contributed by atoms with Gasteiger partial charge in [-0.3, -0.25) is 4.79 Å². The van der Waals surface area contributed by atoms with Crippen LogP contribution in [0, 0.1) is 0 Å². The molecular formula is C15H23ClO5. The molecule has 0 aromatic rings. The van der Waals surface area contributed by atoms with Gasteiger partial charge in [0.05, 0.1) is 18.6 Å². The normalized spacial score (nSPS) is 42.4. The molecule has 21 heavy (non-hydrogen) atoms. The van der Waals surface area contributed by atoms with E-state index in [9.17, 15) is 15.0 Å². The van der Waals surface area contributed by atoms with Gasteiger partial charge in [0.2, 0.25) is 0 Å². The molecule has 2 aliphatic rings. The van der Waals surface area contributed by atoms with Gasteiger partial charge in [0.25, 0.3) is 0 Å². The Morgan fingerprint density at radius 2 is 2.19 bits per heavy atom. The number of aliphatic hydroxyl groups excluding tert-OH is 1. The number of esters is 1. The van der Waals surface area contributed by atoms with Crippen molar-refractivity contribution in [1.29, 1.82) is 0 Å². The fourth-order valence-corrected chi connectivity index (χ4v) is 3.51. The van der Waals surface area contributed by atoms with Gasteiger partial charge in [0, 0.05) is 6.42 Å². The van der Waals surface area contributed by atoms with Crippen molar-refractivity contribution in [2.75, 3.05) is 12.5 Å². The molecule has 0 bridgehead atoms. The maximum absolute atomic E-state index is 11.7. The van der Waals surface area contributed by atoms with E-state index in [0.717, 1.165) is 5.57 Å². The largest absolute Gasteiger partial charge is 0.450 e. The van der Waals surface area contributed by atoms with Crippen molar-refractivity contribution < 1.29 is 24.5 Å². The molecule has 2 fully saturated rings. The Hall–Kier alpha value is -0.620. The highest BCUT2D eigenvalue weighted by Crippen LogP contribution is 2.55. The minimum absolute atomic E-state index is 0.0830. The summed E-state index contributed by atoms with van der Waals surface area (Å²) in [4.78, 5) is 11.7. The van der Waals surface area contributed by atoms with Gasteiger partial charge in [0.15, 0.2) is 5.60 Å². The molecule has 4 atom stereocenters. The Kier molecular flexibility index (Phi) is 4.42. The van der Waals surface area contributed by atoms with E-state index in [2.05, 4.69) is 0 Å². The van der Waals surface area contributed by atoms with Crippen LogP contribution in [0.3, 0.4) is 0 Å². The van der Waals surface area contributed by atoms with Crippen LogP contribution >= 0.6 is 11.6 Å². The molecule has 5 nitrogen and oxygen atoms in total. The number of hydrogen-bond donors (Lipinski definition) is 2. The fraction of sp³-hybridized carbons (Fsp3) is 0.800. The van der Waals surface area contributed by atoms with Crippen molar-refractivity contribution in [3.8, 4) is 0 Å². The molecule has 6 heteroatoms. The van der Waals surface area contributed by atoms with Gasteiger partial charge in [-0.05, 0) is 33.6 Å². The predicted octanol–water partition coefficient (Wildman–Crippen LogP) is 1.54. The van der Waals surface area contributed by atoms with Gasteiger partial charge in [-0.1, -0.05) is 11.6 Å². The monoisotopic (exact) mass is 318 g/mol. The molecule has 2 aliphatic heterocycles. The first-order chi connectivity index (χ1) is 9.74. The third kappa shape index (κ3) is 2.50. The van der Waals surface area contributed by atoms with Crippen molar-refractivity contribution in [2.45, 2.75) is 62.9 Å². The number of allylic oxidation sites excluding steroid dienone is 1. The lowest BCUT2D eigenvalue weighted by atomic mass is 9.69. The average Bonchev–Trinajstić information content (AvgIpc) is 3.11. The second-order valence-electron chi connectivity index (χ2n) is 6.36. The van der Waals surface area contributed by atoms with E-state index in [1.54, 1.807) is 6.92 Å². The number of alkyl halides is 1. The van der Waals surface area contributed by atoms with Crippen molar-refractivity contribution in [3.05, 3.63) is 11.6 Å². The van der Waals surface area contributed by atoms with Crippen molar-refractivity contribution in [2.24, 2.45) is 0 Å². The van der Waals surface area contributed by atoms with Crippen LogP contribution in [-0.4, -0.2) is 51.6 Å². The van der Waals surface area contributed by atoms with Crippen molar-refractivity contribution in [1.82, 2.24) is 0 Å². The Bertz CT molecular complexity index is 461. The number of carbonyl (C=O) groups is 1. The Morgan fingerprint density at radius 1 is 1.52 bits per heavy atom. The van der Waals surface area contributed by atoms with E-state index in [4.69, 9.17) is 21.1 Å². The van der Waals surface area contributed by atoms with Gasteiger partial charge in [0.1, 0.15) is 11.2 Å². The smallest absolute Gasteiger partial charge is 0.306 e. The zero-order chi connectivity index (χ0) is 15.9. The summed E-state index contributed by atoms with van der Waals surface area (Å²) in [5, 5.41) is 20.7. The van der Waals surface area contributed by atoms with Crippen LogP contribution in [0.25, 0.3) is 0 Å². The number of hydrogen-bond acceptors (Lipinski definition) is 5. The topological polar surface area (TPSA) is 79.3 Å². The lowest BCUT2D eigenvalue weighted by molar-refractivity contribution is -0.240. The Labute approximate surface area is 129 Å². The summed E-state index contributed by atoms with van der Waals surface area (Å²) in [5.74, 6) is -0.577. The van der Waals surface area contributed by atoms with E-state index in [1.807, 2.05) is 19.9 Å². The number of rotatable bonds is 5. The molecule has 0 aliphatic carbocycles. The summed E-state index contributed by atoms with van der Waals surface area (Å²) < 4.78 is 11.2. The molecule has 120 valence electrons. The number of aliphatic hydroxyl groups is 2. The molecule has 0 spiro atoms. The molecule has 2 rings (SSSR count). The summed E-state index contributed by atoms with van der Waals surface area (Å²) in [6.07, 6.45) is 2.67. The second kappa shape index (κ2) is 5.54. The van der Waals surface area contributed by atoms with E-state index >= 15 is 0 Å². The van der Waals surface area contributed by atoms with Crippen LogP contribution in [-0.2, 0) is 14.3 Å². The molecule has 2 saturated heterocycles. The van der Waals surface area contributed by atoms with Gasteiger partial charge >= 0.3 is 5.97 Å². The fourth-order valence-electron chi connectivity index (χ4n) is 3.16. The molecule has 4 unspecified atom stereocenters. The van der Waals surface area contributed by atoms with E-state index in [0.29, 0.717) is 6.42 Å². The minimum atomic E-state index is -1.52. The molecule has 2 N–H and O–H groups in total. The lowest BCUT2D eigenvalue weighted by Gasteiger charge is -2.49. The highest BCUT2D eigenvalue weighted by molar-refractivity contribution is 6.18. The third-order valence-corrected chi connectivity index (χ3v) is 5.15. The summed E-state index contributed by atoms with van der Waals surface area (Å²) in [5.41, 5.74) is -2.80. The summed E-state index contributed by atoms with van der Waals surface area (Å²) >= 11 is 5.92. The zero-order valence-electron chi connectivity index (χ0n) is 12.7. The second-order valence-corrected chi connectivity index (χ2v) is 6.62. The molecule has 2 heterocycles. The molecule has 0 aromatic carbocycles. The Balaban J connectivity index is 2.31. The quantitative estimate of drug-likeness (QED) is 0.348. The number of ether oxygens (including phenoxy) is 2. The molecule has 0 aromatic heterocycles. The first-order valence-corrected chi connectivity index (χ1v) is 7.70.